The summed E-state index contributed by atoms with van der Waals surface area (Å²) in [6.45, 7) is 0. The van der Waals surface area contributed by atoms with Crippen molar-refractivity contribution in [3.63, 3.8) is 0 Å². The highest BCUT2D eigenvalue weighted by molar-refractivity contribution is 6.53. The number of nitrogens with one attached hydrogen (secondary N) is 1. The molecular weight excluding hydrogens is 577 g/mol. The van der Waals surface area contributed by atoms with Gasteiger partial charge in [0.05, 0.1) is 21.9 Å². The van der Waals surface area contributed by atoms with Crippen molar-refractivity contribution < 1.29 is 18.9 Å². The van der Waals surface area contributed by atoms with Gasteiger partial charge < -0.3 is 5.32 Å². The molecule has 0 aromatic heterocycles. The first-order valence-corrected chi connectivity index (χ1v) is 12.2. The molecule has 1 aliphatic carbocycles. The van der Waals surface area contributed by atoms with Gasteiger partial charge >= 0.3 is 0 Å². The number of nitro groups is 1. The number of alkyl halides is 2. The van der Waals surface area contributed by atoms with Crippen molar-refractivity contribution in [2.45, 2.75) is 16.7 Å². The molecule has 1 N–H and O–H groups in total. The number of benzene rings is 3. The second kappa shape index (κ2) is 10.1. The average molecular weight is 591 g/mol. The van der Waals surface area contributed by atoms with Gasteiger partial charge in [-0.25, -0.2) is 4.39 Å². The van der Waals surface area contributed by atoms with E-state index in [4.69, 9.17) is 58.0 Å². The third-order valence-electron chi connectivity index (χ3n) is 5.71. The van der Waals surface area contributed by atoms with E-state index >= 15 is 0 Å². The molecule has 0 aliphatic heterocycles. The summed E-state index contributed by atoms with van der Waals surface area (Å²) in [5.74, 6) is -3.26. The third-order valence-corrected chi connectivity index (χ3v) is 7.42. The largest absolute Gasteiger partial charge is 0.326 e. The molecular formula is C24H14Cl5FN2O4. The molecule has 0 unspecified atom stereocenters. The second-order valence-corrected chi connectivity index (χ2v) is 10.9. The van der Waals surface area contributed by atoms with Gasteiger partial charge in [0, 0.05) is 39.2 Å². The minimum atomic E-state index is -1.40. The Kier molecular flexibility index (Phi) is 7.51. The van der Waals surface area contributed by atoms with E-state index in [2.05, 4.69) is 5.32 Å². The number of rotatable bonds is 7. The van der Waals surface area contributed by atoms with Crippen LogP contribution < -0.4 is 5.32 Å². The first kappa shape index (κ1) is 26.6. The number of halogens is 6. The van der Waals surface area contributed by atoms with Crippen molar-refractivity contribution in [2.24, 2.45) is 5.92 Å². The number of anilines is 1. The predicted molar refractivity (Wildman–Crippen MR) is 138 cm³/mol. The molecule has 0 heterocycles. The molecule has 6 nitrogen and oxygen atoms in total. The summed E-state index contributed by atoms with van der Waals surface area (Å²) in [7, 11) is 0. The fourth-order valence-electron chi connectivity index (χ4n) is 3.98. The zero-order valence-corrected chi connectivity index (χ0v) is 21.7. The minimum Gasteiger partial charge on any atom is -0.326 e. The van der Waals surface area contributed by atoms with Gasteiger partial charge in [-0.1, -0.05) is 34.8 Å². The van der Waals surface area contributed by atoms with Gasteiger partial charge in [-0.05, 0) is 54.1 Å². The van der Waals surface area contributed by atoms with E-state index in [1.807, 2.05) is 0 Å². The molecule has 1 aliphatic rings. The van der Waals surface area contributed by atoms with Crippen molar-refractivity contribution in [2.75, 3.05) is 5.32 Å². The maximum atomic E-state index is 13.4. The lowest BCUT2D eigenvalue weighted by atomic mass is 10.0. The van der Waals surface area contributed by atoms with Crippen molar-refractivity contribution in [1.82, 2.24) is 0 Å². The van der Waals surface area contributed by atoms with Crippen molar-refractivity contribution >= 4 is 81.1 Å². The summed E-state index contributed by atoms with van der Waals surface area (Å²) in [5.41, 5.74) is 0.355. The van der Waals surface area contributed by atoms with Crippen LogP contribution in [0.15, 0.2) is 54.6 Å². The number of nitrogens with zero attached hydrogens (tertiary/aromatic N) is 1. The third kappa shape index (κ3) is 5.45. The van der Waals surface area contributed by atoms with Gasteiger partial charge in [-0.15, -0.1) is 23.2 Å². The van der Waals surface area contributed by atoms with Crippen molar-refractivity contribution in [1.29, 1.82) is 0 Å². The SMILES string of the molecule is O=C(Cc1ccc(F)cc1[N+](=O)[O-])c1cc(NC(=O)[C@H]2[C@H](c3cc(Cl)cc(Cl)c3)C2(Cl)Cl)ccc1Cl. The Balaban J connectivity index is 1.53. The molecule has 0 saturated heterocycles. The zero-order chi connectivity index (χ0) is 26.4. The fourth-order valence-corrected chi connectivity index (χ4v) is 5.58. The first-order chi connectivity index (χ1) is 16.9. The molecule has 186 valence electrons. The molecule has 0 spiro atoms. The van der Waals surface area contributed by atoms with E-state index in [-0.39, 0.29) is 21.8 Å². The Hall–Kier alpha value is -2.42. The average Bonchev–Trinajstić information content (AvgIpc) is 3.37. The molecule has 1 amide bonds. The quantitative estimate of drug-likeness (QED) is 0.133. The van der Waals surface area contributed by atoms with Crippen LogP contribution in [-0.4, -0.2) is 20.9 Å². The van der Waals surface area contributed by atoms with Gasteiger partial charge in [-0.2, -0.15) is 0 Å². The van der Waals surface area contributed by atoms with Crippen LogP contribution in [0.25, 0.3) is 0 Å². The van der Waals surface area contributed by atoms with Crippen LogP contribution in [0, 0.1) is 21.8 Å². The number of ketones is 1. The minimum absolute atomic E-state index is 0.0186. The summed E-state index contributed by atoms with van der Waals surface area (Å²) >= 11 is 31.1. The summed E-state index contributed by atoms with van der Waals surface area (Å²) < 4.78 is 12.0. The first-order valence-electron chi connectivity index (χ1n) is 10.3. The highest BCUT2D eigenvalue weighted by atomic mass is 35.5. The summed E-state index contributed by atoms with van der Waals surface area (Å²) in [4.78, 5) is 36.4. The van der Waals surface area contributed by atoms with Crippen LogP contribution in [0.1, 0.15) is 27.4 Å². The van der Waals surface area contributed by atoms with E-state index in [1.54, 1.807) is 18.2 Å². The van der Waals surface area contributed by atoms with Crippen LogP contribution in [0.2, 0.25) is 15.1 Å². The number of carbonyl (C=O) groups is 2. The van der Waals surface area contributed by atoms with E-state index in [9.17, 15) is 24.1 Å². The molecule has 36 heavy (non-hydrogen) atoms. The van der Waals surface area contributed by atoms with Gasteiger partial charge in [0.1, 0.15) is 10.2 Å². The van der Waals surface area contributed by atoms with E-state index in [1.165, 1.54) is 24.3 Å². The number of amides is 1. The molecule has 1 fully saturated rings. The van der Waals surface area contributed by atoms with Crippen LogP contribution in [-0.2, 0) is 11.2 Å². The van der Waals surface area contributed by atoms with Crippen LogP contribution >= 0.6 is 58.0 Å². The van der Waals surface area contributed by atoms with E-state index < -0.39 is 50.7 Å². The van der Waals surface area contributed by atoms with E-state index in [0.29, 0.717) is 15.6 Å². The Bertz CT molecular complexity index is 1390. The molecule has 4 rings (SSSR count). The molecule has 2 atom stereocenters. The number of hydrogen-bond donors (Lipinski definition) is 1. The fraction of sp³-hybridized carbons (Fsp3) is 0.167. The Morgan fingerprint density at radius 1 is 1.00 bits per heavy atom. The number of Topliss-reactive ketones (excluding diaryl/α,β-unsaturated/α-hetero) is 1. The predicted octanol–water partition coefficient (Wildman–Crippen LogP) is 7.65. The highest BCUT2D eigenvalue weighted by Gasteiger charge is 2.67. The van der Waals surface area contributed by atoms with Gasteiger partial charge in [0.15, 0.2) is 5.78 Å². The summed E-state index contributed by atoms with van der Waals surface area (Å²) in [6, 6.07) is 11.9. The van der Waals surface area contributed by atoms with Crippen LogP contribution in [0.3, 0.4) is 0 Å². The lowest BCUT2D eigenvalue weighted by Crippen LogP contribution is -2.17. The molecule has 0 radical (unpaired) electrons. The second-order valence-electron chi connectivity index (χ2n) is 8.15. The lowest BCUT2D eigenvalue weighted by molar-refractivity contribution is -0.385. The normalized spacial score (nSPS) is 17.9. The van der Waals surface area contributed by atoms with Gasteiger partial charge in [-0.3, -0.25) is 19.7 Å². The Morgan fingerprint density at radius 2 is 1.67 bits per heavy atom. The number of nitro benzene ring substituents is 1. The van der Waals surface area contributed by atoms with E-state index in [0.717, 1.165) is 12.1 Å². The topological polar surface area (TPSA) is 89.3 Å². The molecule has 0 bridgehead atoms. The lowest BCUT2D eigenvalue weighted by Gasteiger charge is -2.10. The van der Waals surface area contributed by atoms with Crippen LogP contribution in [0.4, 0.5) is 15.8 Å². The monoisotopic (exact) mass is 588 g/mol. The summed E-state index contributed by atoms with van der Waals surface area (Å²) in [6.07, 6.45) is -0.402. The molecule has 1 saturated carbocycles. The number of carbonyl (C=O) groups excluding carboxylic acids is 2. The van der Waals surface area contributed by atoms with Crippen molar-refractivity contribution in [3.05, 3.63) is 102 Å². The highest BCUT2D eigenvalue weighted by Crippen LogP contribution is 2.65. The molecule has 3 aromatic carbocycles. The maximum Gasteiger partial charge on any atom is 0.275 e. The number of hydrogen-bond acceptors (Lipinski definition) is 4. The smallest absolute Gasteiger partial charge is 0.275 e. The summed E-state index contributed by atoms with van der Waals surface area (Å²) in [5, 5.41) is 14.7. The van der Waals surface area contributed by atoms with Gasteiger partial charge in [0.25, 0.3) is 5.69 Å². The maximum absolute atomic E-state index is 13.4. The Morgan fingerprint density at radius 3 is 2.31 bits per heavy atom. The standard InChI is InChI=1S/C24H14Cl5FN2O4/c25-13-5-12(6-14(26)8-13)21-22(24(21,28)29)23(34)31-16-3-4-18(27)17(10-16)20(33)7-11-1-2-15(30)9-19(11)32(35)36/h1-6,8-10,21-22H,7H2,(H,31,34)/t21-,22+/m0/s1. The Labute approximate surface area is 229 Å². The molecule has 3 aromatic rings. The zero-order valence-electron chi connectivity index (χ0n) is 17.9. The molecule has 12 heteroatoms. The van der Waals surface area contributed by atoms with Crippen LogP contribution in [0.5, 0.6) is 0 Å². The van der Waals surface area contributed by atoms with Gasteiger partial charge in [0.2, 0.25) is 5.91 Å². The van der Waals surface area contributed by atoms with Crippen molar-refractivity contribution in [3.8, 4) is 0 Å².